The number of ether oxygens (including phenoxy) is 9. The van der Waals surface area contributed by atoms with Gasteiger partial charge in [-0.3, -0.25) is 9.59 Å². The molecule has 0 aliphatic carbocycles. The van der Waals surface area contributed by atoms with Crippen LogP contribution in [0.4, 0.5) is 0 Å². The fourth-order valence-electron chi connectivity index (χ4n) is 9.19. The average molecular weight is 902 g/mol. The second-order valence-corrected chi connectivity index (χ2v) is 18.4. The van der Waals surface area contributed by atoms with E-state index in [-0.39, 0.29) is 25.2 Å². The maximum Gasteiger partial charge on any atom is 0.308 e. The summed E-state index contributed by atoms with van der Waals surface area (Å²) in [5.74, 6) is -4.14. The highest BCUT2D eigenvalue weighted by Crippen LogP contribution is 2.37. The number of aliphatic hydroxyl groups excluding tert-OH is 4. The largest absolute Gasteiger partial charge is 0.462 e. The van der Waals surface area contributed by atoms with Crippen LogP contribution >= 0.6 is 0 Å². The Morgan fingerprint density at radius 3 is 2.10 bits per heavy atom. The van der Waals surface area contributed by atoms with Crippen molar-refractivity contribution in [2.24, 2.45) is 23.7 Å². The van der Waals surface area contributed by atoms with Crippen LogP contribution in [-0.2, 0) is 57.0 Å². The maximum absolute atomic E-state index is 13.7. The van der Waals surface area contributed by atoms with Crippen molar-refractivity contribution in [3.63, 3.8) is 0 Å². The van der Waals surface area contributed by atoms with Crippen molar-refractivity contribution in [1.29, 1.82) is 0 Å². The molecule has 0 aromatic carbocycles. The molecule has 4 aliphatic heterocycles. The van der Waals surface area contributed by atoms with Crippen LogP contribution in [-0.4, -0.2) is 187 Å². The molecule has 5 N–H and O–H groups in total. The third-order valence-electron chi connectivity index (χ3n) is 13.1. The first kappa shape index (κ1) is 53.3. The van der Waals surface area contributed by atoms with E-state index in [1.165, 1.54) is 27.2 Å². The Hall–Kier alpha value is -2.27. The highest BCUT2D eigenvalue weighted by molar-refractivity contribution is 5.92. The molecule has 3 fully saturated rings. The lowest BCUT2D eigenvalue weighted by Gasteiger charge is -2.50. The minimum atomic E-state index is -1.49. The topological polar surface area (TPSA) is 239 Å². The lowest BCUT2D eigenvalue weighted by molar-refractivity contribution is -0.341. The van der Waals surface area contributed by atoms with Gasteiger partial charge in [0.15, 0.2) is 24.7 Å². The van der Waals surface area contributed by atoms with Crippen molar-refractivity contribution in [1.82, 2.24) is 4.90 Å². The van der Waals surface area contributed by atoms with Gasteiger partial charge in [0.05, 0.1) is 55.2 Å². The fraction of sp³-hybridized carbons (Fsp3) is 0.844. The van der Waals surface area contributed by atoms with Gasteiger partial charge in [-0.15, -0.1) is 0 Å². The van der Waals surface area contributed by atoms with Crippen molar-refractivity contribution < 1.29 is 82.5 Å². The molecule has 0 spiro atoms. The fourth-order valence-corrected chi connectivity index (χ4v) is 9.19. The van der Waals surface area contributed by atoms with Gasteiger partial charge < -0.3 is 77.9 Å². The van der Waals surface area contributed by atoms with Gasteiger partial charge in [-0.25, -0.2) is 0 Å². The summed E-state index contributed by atoms with van der Waals surface area (Å²) in [7, 11) is 6.40. The molecular formula is C45H75NO17. The Balaban J connectivity index is 1.60. The summed E-state index contributed by atoms with van der Waals surface area (Å²) in [6.07, 6.45) is -9.08. The maximum atomic E-state index is 13.7. The van der Waals surface area contributed by atoms with Gasteiger partial charge in [0.1, 0.15) is 49.0 Å². The molecule has 4 rings (SSSR count). The van der Waals surface area contributed by atoms with Gasteiger partial charge >= 0.3 is 5.97 Å². The second-order valence-electron chi connectivity index (χ2n) is 18.4. The molecule has 0 aromatic heterocycles. The molecule has 0 aromatic rings. The molecule has 4 heterocycles. The first-order valence-corrected chi connectivity index (χ1v) is 22.2. The van der Waals surface area contributed by atoms with E-state index in [0.717, 1.165) is 0 Å². The van der Waals surface area contributed by atoms with Crippen LogP contribution in [0.2, 0.25) is 0 Å². The Morgan fingerprint density at radius 2 is 1.51 bits per heavy atom. The third kappa shape index (κ3) is 13.2. The molecule has 21 unspecified atom stereocenters. The van der Waals surface area contributed by atoms with E-state index in [2.05, 4.69) is 0 Å². The Bertz CT molecular complexity index is 1540. The molecule has 18 nitrogen and oxygen atoms in total. The van der Waals surface area contributed by atoms with Crippen molar-refractivity contribution >= 4 is 18.0 Å². The normalized spacial score (nSPS) is 46.0. The number of likely N-dealkylation sites (N-methyl/N-ethyl adjacent to an activating group) is 1. The van der Waals surface area contributed by atoms with E-state index < -0.39 is 140 Å². The quantitative estimate of drug-likeness (QED) is 0.138. The number of nitrogens with zero attached hydrogens (tertiary/aromatic N) is 1. The van der Waals surface area contributed by atoms with E-state index in [9.17, 15) is 39.9 Å². The Labute approximate surface area is 372 Å². The van der Waals surface area contributed by atoms with E-state index >= 15 is 0 Å². The number of allylic oxidation sites excluding steroid dienone is 3. The zero-order valence-corrected chi connectivity index (χ0v) is 39.0. The summed E-state index contributed by atoms with van der Waals surface area (Å²) in [6, 6.07) is -0.767. The molecule has 4 aliphatic rings. The Morgan fingerprint density at radius 1 is 0.857 bits per heavy atom. The highest BCUT2D eigenvalue weighted by atomic mass is 16.7. The van der Waals surface area contributed by atoms with Gasteiger partial charge in [-0.05, 0) is 67.6 Å². The molecule has 362 valence electrons. The molecule has 0 saturated carbocycles. The smallest absolute Gasteiger partial charge is 0.308 e. The van der Waals surface area contributed by atoms with Crippen LogP contribution in [0, 0.1) is 23.7 Å². The molecule has 0 bridgehead atoms. The summed E-state index contributed by atoms with van der Waals surface area (Å²) in [6.45, 7) is 13.5. The SMILES string of the molecule is CCC1OC(=O)CC(O)C(C)C(OC2OC(C)C(OC3CC(C)(O)C(O)C(C)O3)C(N(C)C)C2O)C(C=O)CC(C)C(=O)C=C/C(C)=C/C1COC1OC(C)C(O)C(OC)C1OC. The summed E-state index contributed by atoms with van der Waals surface area (Å²) in [4.78, 5) is 42.0. The van der Waals surface area contributed by atoms with Crippen LogP contribution < -0.4 is 0 Å². The lowest BCUT2D eigenvalue weighted by atomic mass is 9.81. The summed E-state index contributed by atoms with van der Waals surface area (Å²) in [5.41, 5.74) is -0.826. The first-order chi connectivity index (χ1) is 29.6. The van der Waals surface area contributed by atoms with E-state index in [1.54, 1.807) is 66.6 Å². The number of aliphatic hydroxyl groups is 5. The zero-order valence-electron chi connectivity index (χ0n) is 39.0. The van der Waals surface area contributed by atoms with Gasteiger partial charge in [0, 0.05) is 44.3 Å². The number of esters is 1. The molecule has 0 amide bonds. The molecule has 0 radical (unpaired) electrons. The minimum Gasteiger partial charge on any atom is -0.462 e. The van der Waals surface area contributed by atoms with Crippen molar-refractivity contribution in [2.45, 2.75) is 185 Å². The number of carbonyl (C=O) groups is 3. The van der Waals surface area contributed by atoms with E-state index in [0.29, 0.717) is 18.3 Å². The molecule has 3 saturated heterocycles. The van der Waals surface area contributed by atoms with Gasteiger partial charge in [0.25, 0.3) is 0 Å². The number of hydrogen-bond acceptors (Lipinski definition) is 18. The van der Waals surface area contributed by atoms with Gasteiger partial charge in [-0.2, -0.15) is 0 Å². The van der Waals surface area contributed by atoms with E-state index in [1.807, 2.05) is 13.0 Å². The monoisotopic (exact) mass is 902 g/mol. The van der Waals surface area contributed by atoms with Gasteiger partial charge in [0.2, 0.25) is 0 Å². The number of aldehydes is 1. The summed E-state index contributed by atoms with van der Waals surface area (Å²) in [5, 5.41) is 55.5. The number of ketones is 1. The minimum absolute atomic E-state index is 0.0117. The number of rotatable bonds is 12. The van der Waals surface area contributed by atoms with Crippen molar-refractivity contribution in [2.75, 3.05) is 34.9 Å². The van der Waals surface area contributed by atoms with Crippen LogP contribution in [0.25, 0.3) is 0 Å². The number of carbonyl (C=O) groups excluding carboxylic acids is 3. The van der Waals surface area contributed by atoms with Gasteiger partial charge in [-0.1, -0.05) is 38.5 Å². The molecule has 21 atom stereocenters. The summed E-state index contributed by atoms with van der Waals surface area (Å²) < 4.78 is 54.4. The Kier molecular flexibility index (Phi) is 19.9. The molecule has 63 heavy (non-hydrogen) atoms. The van der Waals surface area contributed by atoms with Crippen LogP contribution in [0.1, 0.15) is 81.1 Å². The predicted octanol–water partition coefficient (Wildman–Crippen LogP) is 1.44. The number of cyclic esters (lactones) is 1. The first-order valence-electron chi connectivity index (χ1n) is 22.2. The predicted molar refractivity (Wildman–Crippen MR) is 226 cm³/mol. The average Bonchev–Trinajstić information content (AvgIpc) is 3.22. The van der Waals surface area contributed by atoms with Crippen LogP contribution in [0.15, 0.2) is 23.8 Å². The van der Waals surface area contributed by atoms with E-state index in [4.69, 9.17) is 42.6 Å². The lowest BCUT2D eigenvalue weighted by Crippen LogP contribution is -2.65. The van der Waals surface area contributed by atoms with Crippen LogP contribution in [0.3, 0.4) is 0 Å². The molecular weight excluding hydrogens is 826 g/mol. The van der Waals surface area contributed by atoms with Crippen molar-refractivity contribution in [3.05, 3.63) is 23.8 Å². The highest BCUT2D eigenvalue weighted by Gasteiger charge is 2.52. The van der Waals surface area contributed by atoms with Crippen LogP contribution in [0.5, 0.6) is 0 Å². The summed E-state index contributed by atoms with van der Waals surface area (Å²) >= 11 is 0. The third-order valence-corrected chi connectivity index (χ3v) is 13.1. The second kappa shape index (κ2) is 23.5. The molecule has 18 heteroatoms. The standard InChI is InChI=1S/C45H75NO17/c1-13-32-29(21-57-44-41(56-12)40(55-11)36(51)25(5)59-44)16-22(2)14-15-30(48)23(3)17-28(20-47)38(24(4)31(49)18-33(50)61-32)63-43-37(52)35(46(9)10)39(26(6)60-43)62-34-19-45(8,54)42(53)27(7)58-34/h14-16,20,23-29,31-32,34-44,49,51-54H,13,17-19,21H2,1-12H3/b15-14?,22-16+. The van der Waals surface area contributed by atoms with Crippen molar-refractivity contribution in [3.8, 4) is 0 Å². The zero-order chi connectivity index (χ0) is 47.1. The number of methoxy groups -OCH3 is 2. The number of hydrogen-bond donors (Lipinski definition) is 5.